The van der Waals surface area contributed by atoms with Crippen LogP contribution in [0.4, 0.5) is 0 Å². The molecule has 2 rings (SSSR count). The van der Waals surface area contributed by atoms with Crippen molar-refractivity contribution in [3.8, 4) is 5.75 Å². The summed E-state index contributed by atoms with van der Waals surface area (Å²) >= 11 is 6.13. The maximum Gasteiger partial charge on any atom is 0.125 e. The first-order chi connectivity index (χ1) is 11.5. The summed E-state index contributed by atoms with van der Waals surface area (Å²) in [7, 11) is 0. The number of aliphatic hydroxyl groups is 1. The van der Waals surface area contributed by atoms with Gasteiger partial charge in [-0.2, -0.15) is 5.10 Å². The minimum atomic E-state index is -1.12. The van der Waals surface area contributed by atoms with Crippen LogP contribution in [0.1, 0.15) is 51.5 Å². The maximum absolute atomic E-state index is 10.9. The molecule has 132 valence electrons. The number of benzene rings is 1. The first-order valence-electron chi connectivity index (χ1n) is 8.65. The second kappa shape index (κ2) is 9.09. The van der Waals surface area contributed by atoms with Gasteiger partial charge in [-0.15, -0.1) is 0 Å². The molecule has 0 bridgehead atoms. The van der Waals surface area contributed by atoms with E-state index in [0.717, 1.165) is 6.42 Å². The van der Waals surface area contributed by atoms with Gasteiger partial charge in [-0.1, -0.05) is 44.2 Å². The molecule has 0 aliphatic rings. The smallest absolute Gasteiger partial charge is 0.125 e. The van der Waals surface area contributed by atoms with Crippen LogP contribution in [-0.4, -0.2) is 21.5 Å². The van der Waals surface area contributed by atoms with E-state index in [1.165, 1.54) is 25.7 Å². The number of hydrogen-bond donors (Lipinski definition) is 1. The summed E-state index contributed by atoms with van der Waals surface area (Å²) in [6.45, 7) is 4.95. The first-order valence-corrected chi connectivity index (χ1v) is 9.03. The van der Waals surface area contributed by atoms with Gasteiger partial charge in [0.2, 0.25) is 0 Å². The van der Waals surface area contributed by atoms with Gasteiger partial charge < -0.3 is 9.84 Å². The molecule has 1 heterocycles. The minimum absolute atomic E-state index is 0.340. The number of ether oxygens (including phenoxy) is 1. The monoisotopic (exact) mass is 350 g/mol. The van der Waals surface area contributed by atoms with Crippen LogP contribution in [0.2, 0.25) is 5.02 Å². The predicted molar refractivity (Wildman–Crippen MR) is 97.5 cm³/mol. The highest BCUT2D eigenvalue weighted by atomic mass is 35.5. The molecule has 0 radical (unpaired) electrons. The highest BCUT2D eigenvalue weighted by Gasteiger charge is 2.28. The van der Waals surface area contributed by atoms with E-state index in [9.17, 15) is 5.11 Å². The lowest BCUT2D eigenvalue weighted by Crippen LogP contribution is -2.28. The number of rotatable bonds is 10. The molecule has 0 saturated heterocycles. The zero-order chi connectivity index (χ0) is 17.4. The van der Waals surface area contributed by atoms with Crippen molar-refractivity contribution in [2.24, 2.45) is 0 Å². The summed E-state index contributed by atoms with van der Waals surface area (Å²) in [5.74, 6) is 0.687. The average Bonchev–Trinajstić information content (AvgIpc) is 3.04. The molecule has 0 aliphatic heterocycles. The van der Waals surface area contributed by atoms with E-state index in [-0.39, 0.29) is 0 Å². The third-order valence-corrected chi connectivity index (χ3v) is 4.29. The normalized spacial score (nSPS) is 13.7. The van der Waals surface area contributed by atoms with Crippen LogP contribution in [0.5, 0.6) is 5.75 Å². The van der Waals surface area contributed by atoms with Gasteiger partial charge in [0.15, 0.2) is 0 Å². The van der Waals surface area contributed by atoms with Crippen LogP contribution in [-0.2, 0) is 12.1 Å². The molecule has 24 heavy (non-hydrogen) atoms. The third kappa shape index (κ3) is 5.53. The van der Waals surface area contributed by atoms with E-state index >= 15 is 0 Å². The molecule has 1 aromatic heterocycles. The third-order valence-electron chi connectivity index (χ3n) is 4.06. The van der Waals surface area contributed by atoms with E-state index in [2.05, 4.69) is 12.0 Å². The molecule has 0 amide bonds. The summed E-state index contributed by atoms with van der Waals surface area (Å²) in [4.78, 5) is 0. The summed E-state index contributed by atoms with van der Waals surface area (Å²) in [5.41, 5.74) is -0.423. The topological polar surface area (TPSA) is 47.3 Å². The second-order valence-corrected chi connectivity index (χ2v) is 6.82. The van der Waals surface area contributed by atoms with Crippen molar-refractivity contribution < 1.29 is 9.84 Å². The lowest BCUT2D eigenvalue weighted by molar-refractivity contribution is 0.0316. The van der Waals surface area contributed by atoms with Gasteiger partial charge in [0.1, 0.15) is 11.4 Å². The number of hydrogen-bond acceptors (Lipinski definition) is 3. The number of unbranched alkanes of at least 4 members (excludes halogenated alkanes) is 4. The van der Waals surface area contributed by atoms with Gasteiger partial charge in [0.05, 0.1) is 13.2 Å². The first kappa shape index (κ1) is 18.8. The zero-order valence-corrected chi connectivity index (χ0v) is 15.3. The highest BCUT2D eigenvalue weighted by Crippen LogP contribution is 2.33. The summed E-state index contributed by atoms with van der Waals surface area (Å²) < 4.78 is 7.63. The SMILES string of the molecule is CCCCCCCOc1ccc(Cl)cc1C(C)(O)Cn1cccn1. The van der Waals surface area contributed by atoms with Crippen molar-refractivity contribution >= 4 is 11.6 Å². The van der Waals surface area contributed by atoms with Crippen molar-refractivity contribution in [1.82, 2.24) is 9.78 Å². The van der Waals surface area contributed by atoms with Crippen molar-refractivity contribution in [1.29, 1.82) is 0 Å². The van der Waals surface area contributed by atoms with Crippen LogP contribution < -0.4 is 4.74 Å². The predicted octanol–water partition coefficient (Wildman–Crippen LogP) is 4.79. The number of nitrogens with zero attached hydrogens (tertiary/aromatic N) is 2. The maximum atomic E-state index is 10.9. The Bertz CT molecular complexity index is 612. The second-order valence-electron chi connectivity index (χ2n) is 6.38. The Morgan fingerprint density at radius 2 is 2.04 bits per heavy atom. The van der Waals surface area contributed by atoms with Crippen molar-refractivity contribution in [3.63, 3.8) is 0 Å². The number of aromatic nitrogens is 2. The molecule has 5 heteroatoms. The summed E-state index contributed by atoms with van der Waals surface area (Å²) in [5, 5.41) is 15.7. The van der Waals surface area contributed by atoms with Gasteiger partial charge in [-0.25, -0.2) is 0 Å². The Morgan fingerprint density at radius 1 is 1.25 bits per heavy atom. The average molecular weight is 351 g/mol. The van der Waals surface area contributed by atoms with Gasteiger partial charge in [0.25, 0.3) is 0 Å². The largest absolute Gasteiger partial charge is 0.493 e. The zero-order valence-electron chi connectivity index (χ0n) is 14.5. The Hall–Kier alpha value is -1.52. The molecule has 2 aromatic rings. The van der Waals surface area contributed by atoms with E-state index in [1.54, 1.807) is 29.9 Å². The van der Waals surface area contributed by atoms with Crippen molar-refractivity contribution in [2.75, 3.05) is 6.61 Å². The molecule has 1 aromatic carbocycles. The van der Waals surface area contributed by atoms with Crippen LogP contribution in [0.25, 0.3) is 0 Å². The molecule has 0 fully saturated rings. The quantitative estimate of drug-likeness (QED) is 0.626. The van der Waals surface area contributed by atoms with Crippen LogP contribution in [0, 0.1) is 0 Å². The van der Waals surface area contributed by atoms with Gasteiger partial charge in [-0.3, -0.25) is 4.68 Å². The van der Waals surface area contributed by atoms with Crippen molar-refractivity contribution in [2.45, 2.75) is 58.1 Å². The minimum Gasteiger partial charge on any atom is -0.493 e. The van der Waals surface area contributed by atoms with E-state index in [4.69, 9.17) is 16.3 Å². The van der Waals surface area contributed by atoms with Crippen LogP contribution in [0.3, 0.4) is 0 Å². The Labute approximate surface area is 149 Å². The van der Waals surface area contributed by atoms with Crippen LogP contribution in [0.15, 0.2) is 36.7 Å². The summed E-state index contributed by atoms with van der Waals surface area (Å²) in [6.07, 6.45) is 9.45. The van der Waals surface area contributed by atoms with Crippen LogP contribution >= 0.6 is 11.6 Å². The molecule has 1 unspecified atom stereocenters. The molecular weight excluding hydrogens is 324 g/mol. The van der Waals surface area contributed by atoms with E-state index < -0.39 is 5.60 Å². The van der Waals surface area contributed by atoms with Gasteiger partial charge in [0, 0.05) is 23.0 Å². The van der Waals surface area contributed by atoms with E-state index in [1.807, 2.05) is 18.3 Å². The molecule has 1 N–H and O–H groups in total. The van der Waals surface area contributed by atoms with E-state index in [0.29, 0.717) is 29.5 Å². The van der Waals surface area contributed by atoms with Crippen molar-refractivity contribution in [3.05, 3.63) is 47.2 Å². The molecule has 0 saturated carbocycles. The lowest BCUT2D eigenvalue weighted by Gasteiger charge is -2.26. The van der Waals surface area contributed by atoms with Gasteiger partial charge in [-0.05, 0) is 37.6 Å². The molecule has 0 spiro atoms. The lowest BCUT2D eigenvalue weighted by atomic mass is 9.95. The Balaban J connectivity index is 2.03. The molecule has 0 aliphatic carbocycles. The fourth-order valence-electron chi connectivity index (χ4n) is 2.73. The Kier molecular flexibility index (Phi) is 7.13. The molecular formula is C19H27ClN2O2. The summed E-state index contributed by atoms with van der Waals surface area (Å²) in [6, 6.07) is 7.24. The highest BCUT2D eigenvalue weighted by molar-refractivity contribution is 6.30. The number of halogens is 1. The molecule has 4 nitrogen and oxygen atoms in total. The van der Waals surface area contributed by atoms with Gasteiger partial charge >= 0.3 is 0 Å². The fraction of sp³-hybridized carbons (Fsp3) is 0.526. The fourth-order valence-corrected chi connectivity index (χ4v) is 2.90. The Morgan fingerprint density at radius 3 is 2.75 bits per heavy atom. The molecule has 1 atom stereocenters. The standard InChI is InChI=1S/C19H27ClN2O2/c1-3-4-5-6-7-13-24-18-10-9-16(20)14-17(18)19(2,23)15-22-12-8-11-21-22/h8-12,14,23H,3-7,13,15H2,1-2H3.